The topological polar surface area (TPSA) is 81.3 Å². The van der Waals surface area contributed by atoms with Gasteiger partial charge in [0.1, 0.15) is 5.69 Å². The molecule has 1 N–H and O–H groups in total. The van der Waals surface area contributed by atoms with Crippen molar-refractivity contribution in [3.63, 3.8) is 0 Å². The van der Waals surface area contributed by atoms with Gasteiger partial charge in [-0.1, -0.05) is 24.3 Å². The summed E-state index contributed by atoms with van der Waals surface area (Å²) in [7, 11) is 0. The molecular formula is C29H26F3N5O2S. The maximum atomic E-state index is 13.7. The molecule has 2 aromatic carbocycles. The number of thiazole rings is 1. The van der Waals surface area contributed by atoms with Crippen LogP contribution in [0.25, 0.3) is 21.9 Å². The van der Waals surface area contributed by atoms with E-state index in [0.717, 1.165) is 34.6 Å². The van der Waals surface area contributed by atoms with Crippen LogP contribution in [-0.2, 0) is 23.9 Å². The Morgan fingerprint density at radius 3 is 2.55 bits per heavy atom. The summed E-state index contributed by atoms with van der Waals surface area (Å²) in [4.78, 5) is 31.5. The molecule has 0 saturated carbocycles. The van der Waals surface area contributed by atoms with Gasteiger partial charge in [0.15, 0.2) is 4.96 Å². The number of fused-ring (bicyclic) bond motifs is 1. The number of hydrogen-bond donors (Lipinski definition) is 1. The summed E-state index contributed by atoms with van der Waals surface area (Å²) >= 11 is 1.24. The predicted octanol–water partition coefficient (Wildman–Crippen LogP) is 5.72. The van der Waals surface area contributed by atoms with Crippen LogP contribution in [0.3, 0.4) is 0 Å². The molecule has 11 heteroatoms. The van der Waals surface area contributed by atoms with Gasteiger partial charge in [-0.05, 0) is 68.7 Å². The minimum absolute atomic E-state index is 0.0720. The van der Waals surface area contributed by atoms with Crippen LogP contribution in [0.1, 0.15) is 39.3 Å². The van der Waals surface area contributed by atoms with Crippen molar-refractivity contribution in [1.29, 1.82) is 0 Å². The van der Waals surface area contributed by atoms with E-state index in [-0.39, 0.29) is 18.5 Å². The molecule has 0 spiro atoms. The van der Waals surface area contributed by atoms with Crippen LogP contribution in [0.4, 0.5) is 13.2 Å². The highest BCUT2D eigenvalue weighted by Gasteiger charge is 2.30. The number of benzene rings is 2. The predicted molar refractivity (Wildman–Crippen MR) is 148 cm³/mol. The second-order valence-corrected chi connectivity index (χ2v) is 10.5. The third-order valence-corrected chi connectivity index (χ3v) is 7.73. The third-order valence-electron chi connectivity index (χ3n) is 6.85. The highest BCUT2D eigenvalue weighted by Crippen LogP contribution is 2.29. The molecule has 0 aliphatic rings. The maximum absolute atomic E-state index is 13.7. The molecule has 206 valence electrons. The Morgan fingerprint density at radius 1 is 1.05 bits per heavy atom. The number of rotatable bonds is 6. The zero-order valence-corrected chi connectivity index (χ0v) is 23.1. The Bertz CT molecular complexity index is 1820. The van der Waals surface area contributed by atoms with Crippen LogP contribution in [0.2, 0.25) is 0 Å². The minimum Gasteiger partial charge on any atom is -0.352 e. The normalized spacial score (nSPS) is 11.8. The summed E-state index contributed by atoms with van der Waals surface area (Å²) < 4.78 is 42.2. The van der Waals surface area contributed by atoms with Gasteiger partial charge in [0.05, 0.1) is 28.9 Å². The van der Waals surface area contributed by atoms with E-state index in [1.54, 1.807) is 17.0 Å². The number of amides is 1. The summed E-state index contributed by atoms with van der Waals surface area (Å²) in [5.74, 6) is -0.429. The van der Waals surface area contributed by atoms with Gasteiger partial charge in [0, 0.05) is 23.3 Å². The van der Waals surface area contributed by atoms with Crippen LogP contribution in [0, 0.1) is 27.7 Å². The van der Waals surface area contributed by atoms with E-state index in [9.17, 15) is 22.8 Å². The van der Waals surface area contributed by atoms with Crippen LogP contribution in [0.5, 0.6) is 0 Å². The standard InChI is InChI=1S/C29H26F3N5O2S/c1-16-7-5-10-24(18(16)3)37-17(2)11-23(35-37)26-19(4)34-28-36(27(26)39)22(15-40-28)13-25(38)33-14-20-8-6-9-21(12-20)29(30,31)32/h5-12,15H,13-14H2,1-4H3,(H,33,38). The monoisotopic (exact) mass is 565 g/mol. The Morgan fingerprint density at radius 2 is 1.80 bits per heavy atom. The summed E-state index contributed by atoms with van der Waals surface area (Å²) in [6, 6.07) is 12.6. The Hall–Kier alpha value is -4.25. The summed E-state index contributed by atoms with van der Waals surface area (Å²) in [6.45, 7) is 7.65. The third kappa shape index (κ3) is 5.16. The van der Waals surface area contributed by atoms with Crippen LogP contribution in [-0.4, -0.2) is 25.1 Å². The molecule has 0 radical (unpaired) electrons. The van der Waals surface area contributed by atoms with Crippen molar-refractivity contribution in [3.8, 4) is 16.9 Å². The molecule has 0 fully saturated rings. The number of nitrogens with one attached hydrogen (secondary N) is 1. The van der Waals surface area contributed by atoms with Crippen molar-refractivity contribution in [2.45, 2.75) is 46.8 Å². The molecule has 5 aromatic rings. The first-order chi connectivity index (χ1) is 18.9. The van der Waals surface area contributed by atoms with E-state index < -0.39 is 17.6 Å². The van der Waals surface area contributed by atoms with Crippen LogP contribution >= 0.6 is 11.3 Å². The SMILES string of the molecule is Cc1cccc(-n2nc(-c3c(C)nc4scc(CC(=O)NCc5cccc(C(F)(F)F)c5)n4c3=O)cc2C)c1C. The highest BCUT2D eigenvalue weighted by molar-refractivity contribution is 7.15. The summed E-state index contributed by atoms with van der Waals surface area (Å²) in [6.07, 6.45) is -4.61. The molecule has 0 aliphatic heterocycles. The fourth-order valence-corrected chi connectivity index (χ4v) is 5.54. The average molecular weight is 566 g/mol. The fraction of sp³-hybridized carbons (Fsp3) is 0.241. The number of aromatic nitrogens is 4. The number of nitrogens with zero attached hydrogens (tertiary/aromatic N) is 4. The van der Waals surface area contributed by atoms with E-state index >= 15 is 0 Å². The largest absolute Gasteiger partial charge is 0.416 e. The first-order valence-electron chi connectivity index (χ1n) is 12.5. The van der Waals surface area contributed by atoms with Gasteiger partial charge in [-0.15, -0.1) is 11.3 Å². The maximum Gasteiger partial charge on any atom is 0.416 e. The summed E-state index contributed by atoms with van der Waals surface area (Å²) in [5.41, 5.74) is 4.97. The zero-order valence-electron chi connectivity index (χ0n) is 22.3. The molecule has 40 heavy (non-hydrogen) atoms. The lowest BCUT2D eigenvalue weighted by molar-refractivity contribution is -0.137. The quantitative estimate of drug-likeness (QED) is 0.286. The van der Waals surface area contributed by atoms with Gasteiger partial charge in [-0.3, -0.25) is 14.0 Å². The lowest BCUT2D eigenvalue weighted by atomic mass is 10.1. The second kappa shape index (κ2) is 10.4. The van der Waals surface area contributed by atoms with Gasteiger partial charge in [0.2, 0.25) is 5.91 Å². The number of alkyl halides is 3. The molecule has 0 atom stereocenters. The van der Waals surface area contributed by atoms with E-state index in [1.165, 1.54) is 27.9 Å². The molecule has 5 rings (SSSR count). The fourth-order valence-electron chi connectivity index (χ4n) is 4.62. The summed E-state index contributed by atoms with van der Waals surface area (Å²) in [5, 5.41) is 9.09. The van der Waals surface area contributed by atoms with Crippen molar-refractivity contribution in [3.05, 3.63) is 104 Å². The van der Waals surface area contributed by atoms with E-state index in [2.05, 4.69) is 10.3 Å². The molecule has 0 unspecified atom stereocenters. The number of carbonyl (C=O) groups is 1. The van der Waals surface area contributed by atoms with Gasteiger partial charge < -0.3 is 5.32 Å². The molecule has 0 saturated heterocycles. The van der Waals surface area contributed by atoms with Crippen LogP contribution < -0.4 is 10.9 Å². The minimum atomic E-state index is -4.47. The number of hydrogen-bond acceptors (Lipinski definition) is 5. The molecule has 0 aliphatic carbocycles. The molecule has 0 bridgehead atoms. The Balaban J connectivity index is 1.43. The Labute approximate surface area is 231 Å². The van der Waals surface area contributed by atoms with E-state index in [0.29, 0.717) is 33.2 Å². The van der Waals surface area contributed by atoms with E-state index in [1.807, 2.05) is 45.0 Å². The van der Waals surface area contributed by atoms with Gasteiger partial charge in [0.25, 0.3) is 5.56 Å². The van der Waals surface area contributed by atoms with Gasteiger partial charge >= 0.3 is 6.18 Å². The smallest absolute Gasteiger partial charge is 0.352 e. The van der Waals surface area contributed by atoms with E-state index in [4.69, 9.17) is 5.10 Å². The van der Waals surface area contributed by atoms with Crippen molar-refractivity contribution in [1.82, 2.24) is 24.5 Å². The molecule has 1 amide bonds. The average Bonchev–Trinajstić information content (AvgIpc) is 3.47. The van der Waals surface area contributed by atoms with Crippen LogP contribution in [0.15, 0.2) is 58.7 Å². The number of halogens is 3. The molecule has 7 nitrogen and oxygen atoms in total. The van der Waals surface area contributed by atoms with Crippen molar-refractivity contribution >= 4 is 22.2 Å². The van der Waals surface area contributed by atoms with Crippen molar-refractivity contribution in [2.75, 3.05) is 0 Å². The van der Waals surface area contributed by atoms with Crippen molar-refractivity contribution in [2.24, 2.45) is 0 Å². The second-order valence-electron chi connectivity index (χ2n) is 9.68. The lowest BCUT2D eigenvalue weighted by Crippen LogP contribution is -2.27. The zero-order chi connectivity index (χ0) is 28.8. The highest BCUT2D eigenvalue weighted by atomic mass is 32.1. The van der Waals surface area contributed by atoms with Gasteiger partial charge in [-0.25, -0.2) is 9.67 Å². The molecule has 3 aromatic heterocycles. The molecular weight excluding hydrogens is 539 g/mol. The Kier molecular flexibility index (Phi) is 7.09. The lowest BCUT2D eigenvalue weighted by Gasteiger charge is -2.10. The first-order valence-corrected chi connectivity index (χ1v) is 13.4. The molecule has 3 heterocycles. The van der Waals surface area contributed by atoms with Gasteiger partial charge in [-0.2, -0.15) is 18.3 Å². The number of aryl methyl sites for hydroxylation is 3. The first kappa shape index (κ1) is 27.3. The van der Waals surface area contributed by atoms with Crippen molar-refractivity contribution < 1.29 is 18.0 Å². The number of carbonyl (C=O) groups excluding carboxylic acids is 1.